The first-order valence-corrected chi connectivity index (χ1v) is 17.1. The van der Waals surface area contributed by atoms with Crippen molar-refractivity contribution in [2.75, 3.05) is 37.7 Å². The number of nitrogens with zero attached hydrogens (tertiary/aromatic N) is 6. The lowest BCUT2D eigenvalue weighted by Gasteiger charge is -2.40. The van der Waals surface area contributed by atoms with Gasteiger partial charge in [0, 0.05) is 61.7 Å². The second-order valence-electron chi connectivity index (χ2n) is 14.5. The van der Waals surface area contributed by atoms with E-state index < -0.39 is 23.3 Å². The molecule has 2 bridgehead atoms. The molecule has 9 nitrogen and oxygen atoms in total. The highest BCUT2D eigenvalue weighted by Crippen LogP contribution is 2.46. The quantitative estimate of drug-likeness (QED) is 0.173. The molecule has 4 saturated heterocycles. The Bertz CT molecular complexity index is 2300. The molecule has 0 aliphatic carbocycles. The van der Waals surface area contributed by atoms with Crippen LogP contribution in [0.15, 0.2) is 43.1 Å². The molecule has 5 aromatic rings. The predicted octanol–water partition coefficient (Wildman–Crippen LogP) is 5.75. The van der Waals surface area contributed by atoms with Crippen LogP contribution in [0.1, 0.15) is 37.7 Å². The van der Waals surface area contributed by atoms with E-state index in [1.165, 1.54) is 24.3 Å². The SMILES string of the molecule is C#Cc1c(F)ccc2cc(O)cc(-c3c(F)c4nc(OC[C@@]56CCCN5C[C@H](F)C6)nc(N5C[C@H]6CC[C@@](C=C)(C5)N6)c4c4cn(C)nc34)c12. The van der Waals surface area contributed by atoms with E-state index >= 15 is 8.78 Å². The fourth-order valence-electron chi connectivity index (χ4n) is 9.17. The highest BCUT2D eigenvalue weighted by Gasteiger charge is 2.49. The topological polar surface area (TPSA) is 91.6 Å². The molecule has 4 fully saturated rings. The summed E-state index contributed by atoms with van der Waals surface area (Å²) in [5, 5.41) is 21.0. The molecule has 6 heterocycles. The van der Waals surface area contributed by atoms with Gasteiger partial charge in [-0.25, -0.2) is 13.2 Å². The maximum atomic E-state index is 17.6. The molecule has 4 atom stereocenters. The Morgan fingerprint density at radius 3 is 2.86 bits per heavy atom. The first-order chi connectivity index (χ1) is 24.1. The van der Waals surface area contributed by atoms with E-state index in [1.807, 2.05) is 6.08 Å². The minimum atomic E-state index is -0.938. The Hall–Kier alpha value is -4.86. The lowest BCUT2D eigenvalue weighted by molar-refractivity contribution is 0.107. The molecular formula is C38H36F3N7O2. The van der Waals surface area contributed by atoms with Crippen LogP contribution >= 0.6 is 0 Å². The third-order valence-corrected chi connectivity index (χ3v) is 11.4. The van der Waals surface area contributed by atoms with Crippen molar-refractivity contribution in [3.63, 3.8) is 0 Å². The Kier molecular flexibility index (Phi) is 6.90. The Morgan fingerprint density at radius 1 is 1.18 bits per heavy atom. The number of rotatable bonds is 6. The minimum absolute atomic E-state index is 0.00949. The molecular weight excluding hydrogens is 643 g/mol. The molecule has 0 spiro atoms. The summed E-state index contributed by atoms with van der Waals surface area (Å²) < 4.78 is 55.4. The van der Waals surface area contributed by atoms with Gasteiger partial charge in [-0.15, -0.1) is 13.0 Å². The molecule has 3 aromatic carbocycles. The Labute approximate surface area is 286 Å². The van der Waals surface area contributed by atoms with Gasteiger partial charge in [-0.05, 0) is 61.4 Å². The van der Waals surface area contributed by atoms with E-state index in [9.17, 15) is 9.50 Å². The van der Waals surface area contributed by atoms with Gasteiger partial charge in [0.1, 0.15) is 41.2 Å². The predicted molar refractivity (Wildman–Crippen MR) is 186 cm³/mol. The van der Waals surface area contributed by atoms with E-state index in [1.54, 1.807) is 17.9 Å². The number of aryl methyl sites for hydroxylation is 1. The zero-order valence-corrected chi connectivity index (χ0v) is 27.6. The smallest absolute Gasteiger partial charge is 0.319 e. The van der Waals surface area contributed by atoms with Crippen molar-refractivity contribution in [3.05, 3.63) is 60.3 Å². The number of aromatic nitrogens is 4. The van der Waals surface area contributed by atoms with Crippen LogP contribution in [0.25, 0.3) is 43.7 Å². The maximum Gasteiger partial charge on any atom is 0.319 e. The molecule has 2 aromatic heterocycles. The zero-order chi connectivity index (χ0) is 34.5. The Balaban J connectivity index is 1.30. The third kappa shape index (κ3) is 4.59. The summed E-state index contributed by atoms with van der Waals surface area (Å²) in [5.74, 6) is 1.40. The molecule has 0 saturated carbocycles. The van der Waals surface area contributed by atoms with Crippen molar-refractivity contribution in [2.45, 2.75) is 55.4 Å². The summed E-state index contributed by atoms with van der Waals surface area (Å²) in [4.78, 5) is 14.0. The van der Waals surface area contributed by atoms with Gasteiger partial charge in [-0.1, -0.05) is 18.1 Å². The maximum absolute atomic E-state index is 17.6. The number of aromatic hydroxyl groups is 1. The first-order valence-electron chi connectivity index (χ1n) is 17.1. The molecule has 9 rings (SSSR count). The fourth-order valence-corrected chi connectivity index (χ4v) is 9.17. The summed E-state index contributed by atoms with van der Waals surface area (Å²) >= 11 is 0. The normalized spacial score (nSPS) is 26.3. The number of halogens is 3. The number of phenols is 1. The lowest BCUT2D eigenvalue weighted by atomic mass is 9.91. The van der Waals surface area contributed by atoms with Crippen LogP contribution in [0.5, 0.6) is 11.8 Å². The molecule has 256 valence electrons. The van der Waals surface area contributed by atoms with Crippen molar-refractivity contribution >= 4 is 38.4 Å². The summed E-state index contributed by atoms with van der Waals surface area (Å²) in [6.07, 6.45) is 12.6. The number of terminal acetylenes is 1. The van der Waals surface area contributed by atoms with Gasteiger partial charge in [0.15, 0.2) is 5.82 Å². The van der Waals surface area contributed by atoms with Gasteiger partial charge in [0.2, 0.25) is 0 Å². The largest absolute Gasteiger partial charge is 0.508 e. The summed E-state index contributed by atoms with van der Waals surface area (Å²) in [5.41, 5.74) is -0.380. The lowest BCUT2D eigenvalue weighted by Crippen LogP contribution is -2.58. The van der Waals surface area contributed by atoms with Crippen LogP contribution in [0.3, 0.4) is 0 Å². The summed E-state index contributed by atoms with van der Waals surface area (Å²) in [6, 6.07) is 5.73. The van der Waals surface area contributed by atoms with Crippen LogP contribution in [0, 0.1) is 24.0 Å². The molecule has 0 radical (unpaired) electrons. The van der Waals surface area contributed by atoms with Crippen LogP contribution in [-0.2, 0) is 7.05 Å². The number of anilines is 1. The molecule has 0 amide bonds. The summed E-state index contributed by atoms with van der Waals surface area (Å²) in [6.45, 7) is 6.63. The number of fused-ring (bicyclic) bond motifs is 7. The van der Waals surface area contributed by atoms with Gasteiger partial charge >= 0.3 is 6.01 Å². The molecule has 0 unspecified atom stereocenters. The van der Waals surface area contributed by atoms with Crippen LogP contribution in [0.2, 0.25) is 0 Å². The number of hydrogen-bond acceptors (Lipinski definition) is 8. The van der Waals surface area contributed by atoms with Gasteiger partial charge < -0.3 is 20.1 Å². The van der Waals surface area contributed by atoms with Gasteiger partial charge in [0.05, 0.1) is 22.0 Å². The number of nitrogens with one attached hydrogen (secondary N) is 1. The number of alkyl halides is 1. The Morgan fingerprint density at radius 2 is 2.04 bits per heavy atom. The molecule has 4 aliphatic heterocycles. The third-order valence-electron chi connectivity index (χ3n) is 11.4. The molecule has 50 heavy (non-hydrogen) atoms. The minimum Gasteiger partial charge on any atom is -0.508 e. The standard InChI is InChI=1S/C38H36F3N7O2/c1-4-25-28(40)8-7-21-13-24(49)14-26(29(21)25)30-32(41)34-31(27-18-46(3)45-33(27)30)35(47-17-23-9-11-37(5-2,19-47)44-23)43-36(42-34)50-20-38-10-6-12-48(38)16-22(39)15-38/h1,5,7-8,13-14,18,22-23,44,49H,2,6,9-12,15-17,19-20H2,3H3/t22-,23-,37+,38+/m1/s1. The van der Waals surface area contributed by atoms with E-state index in [4.69, 9.17) is 26.2 Å². The van der Waals surface area contributed by atoms with Crippen molar-refractivity contribution in [1.29, 1.82) is 0 Å². The fraction of sp³-hybridized carbons (Fsp3) is 0.395. The van der Waals surface area contributed by atoms with Crippen molar-refractivity contribution in [3.8, 4) is 35.2 Å². The second kappa shape index (κ2) is 11.1. The van der Waals surface area contributed by atoms with E-state index in [2.05, 4.69) is 27.6 Å². The van der Waals surface area contributed by atoms with Crippen molar-refractivity contribution < 1.29 is 23.0 Å². The number of ether oxygens (including phenoxy) is 1. The summed E-state index contributed by atoms with van der Waals surface area (Å²) in [7, 11) is 1.74. The molecule has 2 N–H and O–H groups in total. The average molecular weight is 680 g/mol. The number of phenolic OH excluding ortho intramolecular Hbond substituents is 1. The van der Waals surface area contributed by atoms with E-state index in [-0.39, 0.29) is 63.1 Å². The van der Waals surface area contributed by atoms with Gasteiger partial charge in [-0.2, -0.15) is 15.1 Å². The molecule has 12 heteroatoms. The highest BCUT2D eigenvalue weighted by molar-refractivity contribution is 6.18. The van der Waals surface area contributed by atoms with Crippen LogP contribution < -0.4 is 15.0 Å². The van der Waals surface area contributed by atoms with E-state index in [0.29, 0.717) is 48.0 Å². The first kappa shape index (κ1) is 31.1. The van der Waals surface area contributed by atoms with E-state index in [0.717, 1.165) is 32.2 Å². The number of hydrogen-bond donors (Lipinski definition) is 2. The van der Waals surface area contributed by atoms with Crippen molar-refractivity contribution in [2.24, 2.45) is 7.05 Å². The monoisotopic (exact) mass is 679 g/mol. The van der Waals surface area contributed by atoms with Crippen molar-refractivity contribution in [1.82, 2.24) is 30.0 Å². The van der Waals surface area contributed by atoms with Crippen LogP contribution in [-0.4, -0.2) is 85.8 Å². The average Bonchev–Trinajstić information content (AvgIpc) is 3.84. The molecule has 4 aliphatic rings. The highest BCUT2D eigenvalue weighted by atomic mass is 19.1. The number of piperazine rings is 1. The zero-order valence-electron chi connectivity index (χ0n) is 27.6. The second-order valence-corrected chi connectivity index (χ2v) is 14.5. The number of benzene rings is 3. The van der Waals surface area contributed by atoms with Gasteiger partial charge in [0.25, 0.3) is 0 Å². The van der Waals surface area contributed by atoms with Gasteiger partial charge in [-0.3, -0.25) is 9.58 Å². The van der Waals surface area contributed by atoms with Crippen LogP contribution in [0.4, 0.5) is 19.0 Å².